The molecule has 3 unspecified atom stereocenters. The van der Waals surface area contributed by atoms with Gasteiger partial charge in [0.1, 0.15) is 6.26 Å². The number of hydrogen-bond donors (Lipinski definition) is 1. The summed E-state index contributed by atoms with van der Waals surface area (Å²) < 4.78 is 54.8. The summed E-state index contributed by atoms with van der Waals surface area (Å²) in [6, 6.07) is 0.188. The van der Waals surface area contributed by atoms with Gasteiger partial charge in [-0.3, -0.25) is 4.90 Å². The van der Waals surface area contributed by atoms with Gasteiger partial charge < -0.3 is 4.74 Å². The van der Waals surface area contributed by atoms with E-state index in [9.17, 15) is 17.7 Å². The number of rotatable bonds is 9. The maximum atomic E-state index is 12.9. The Morgan fingerprint density at radius 2 is 2.07 bits per heavy atom. The van der Waals surface area contributed by atoms with Crippen molar-refractivity contribution in [2.45, 2.75) is 64.3 Å². The fraction of sp³-hybridized carbons (Fsp3) is 0.636. The van der Waals surface area contributed by atoms with Crippen molar-refractivity contribution in [1.29, 1.82) is 0 Å². The van der Waals surface area contributed by atoms with E-state index >= 15 is 0 Å². The van der Waals surface area contributed by atoms with Crippen molar-refractivity contribution in [3.63, 3.8) is 0 Å². The lowest BCUT2D eigenvalue weighted by atomic mass is 9.98. The maximum absolute atomic E-state index is 12.9. The third kappa shape index (κ3) is 7.31. The van der Waals surface area contributed by atoms with Gasteiger partial charge in [-0.25, -0.2) is 0 Å². The van der Waals surface area contributed by atoms with Crippen molar-refractivity contribution in [3.05, 3.63) is 45.9 Å². The zero-order chi connectivity index (χ0) is 21.6. The molecule has 0 saturated heterocycles. The van der Waals surface area contributed by atoms with Gasteiger partial charge in [-0.1, -0.05) is 19.1 Å². The first-order valence-electron chi connectivity index (χ1n) is 10.2. The highest BCUT2D eigenvalue weighted by atomic mass is 32.2. The van der Waals surface area contributed by atoms with Gasteiger partial charge in [0.2, 0.25) is 0 Å². The minimum Gasteiger partial charge on any atom is -0.374 e. The molecule has 0 bridgehead atoms. The minimum absolute atomic E-state index is 0.0294. The number of hydrogen-bond acceptors (Lipinski definition) is 3. The Kier molecular flexibility index (Phi) is 9.07. The Morgan fingerprint density at radius 3 is 2.69 bits per heavy atom. The van der Waals surface area contributed by atoms with E-state index < -0.39 is 22.9 Å². The van der Waals surface area contributed by atoms with E-state index in [1.165, 1.54) is 11.6 Å². The van der Waals surface area contributed by atoms with Crippen LogP contribution in [0.15, 0.2) is 45.9 Å². The molecule has 164 valence electrons. The van der Waals surface area contributed by atoms with Crippen LogP contribution in [0.1, 0.15) is 46.0 Å². The summed E-state index contributed by atoms with van der Waals surface area (Å²) in [5, 5.41) is 0. The van der Waals surface area contributed by atoms with Gasteiger partial charge in [-0.2, -0.15) is 17.7 Å². The molecule has 1 N–H and O–H groups in total. The molecule has 0 amide bonds. The van der Waals surface area contributed by atoms with Crippen molar-refractivity contribution in [3.8, 4) is 0 Å². The maximum Gasteiger partial charge on any atom is 0.412 e. The molecular formula is C22H33F3NO2S+. The van der Waals surface area contributed by atoms with E-state index in [0.717, 1.165) is 29.7 Å². The van der Waals surface area contributed by atoms with Crippen LogP contribution in [-0.4, -0.2) is 54.2 Å². The van der Waals surface area contributed by atoms with Gasteiger partial charge in [0.15, 0.2) is 16.1 Å². The molecule has 2 aliphatic carbocycles. The summed E-state index contributed by atoms with van der Waals surface area (Å²) in [5.41, 5.74) is 1.49. The monoisotopic (exact) mass is 432 g/mol. The van der Waals surface area contributed by atoms with Crippen LogP contribution in [0.3, 0.4) is 0 Å². The topological polar surface area (TPSA) is 32.7 Å². The van der Waals surface area contributed by atoms with Crippen molar-refractivity contribution in [1.82, 2.24) is 4.90 Å². The van der Waals surface area contributed by atoms with Crippen LogP contribution in [0.2, 0.25) is 0 Å². The summed E-state index contributed by atoms with van der Waals surface area (Å²) >= 11 is -0.775. The molecule has 0 radical (unpaired) electrons. The number of allylic oxidation sites excluding steroid dienone is 3. The molecule has 3 nitrogen and oxygen atoms in total. The molecular weight excluding hydrogens is 399 g/mol. The van der Waals surface area contributed by atoms with Crippen LogP contribution in [0.5, 0.6) is 0 Å². The lowest BCUT2D eigenvalue weighted by Crippen LogP contribution is -2.32. The van der Waals surface area contributed by atoms with E-state index in [1.807, 2.05) is 19.2 Å². The van der Waals surface area contributed by atoms with Gasteiger partial charge in [0.05, 0.1) is 6.10 Å². The molecule has 0 spiro atoms. The van der Waals surface area contributed by atoms with Gasteiger partial charge in [0, 0.05) is 36.4 Å². The largest absolute Gasteiger partial charge is 0.412 e. The fourth-order valence-electron chi connectivity index (χ4n) is 3.58. The second kappa shape index (κ2) is 10.8. The summed E-state index contributed by atoms with van der Waals surface area (Å²) in [7, 11) is 1.94. The molecule has 0 aromatic rings. The predicted octanol–water partition coefficient (Wildman–Crippen LogP) is 5.64. The molecule has 2 aliphatic rings. The Labute approximate surface area is 175 Å². The number of ether oxygens (including phenoxy) is 1. The molecule has 3 atom stereocenters. The molecule has 0 aromatic carbocycles. The highest BCUT2D eigenvalue weighted by molar-refractivity contribution is 7.94. The van der Waals surface area contributed by atoms with Crippen molar-refractivity contribution < 1.29 is 22.5 Å². The van der Waals surface area contributed by atoms with E-state index in [4.69, 9.17) is 4.74 Å². The van der Waals surface area contributed by atoms with Crippen molar-refractivity contribution in [2.24, 2.45) is 0 Å². The number of alkyl halides is 3. The second-order valence-electron chi connectivity index (χ2n) is 7.77. The first-order chi connectivity index (χ1) is 13.6. The summed E-state index contributed by atoms with van der Waals surface area (Å²) in [6.45, 7) is 5.22. The molecule has 0 aliphatic heterocycles. The van der Waals surface area contributed by atoms with E-state index in [2.05, 4.69) is 24.8 Å². The number of likely N-dealkylation sites (N-methyl/N-ethyl adjacent to an activating group) is 1. The molecule has 2 rings (SSSR count). The predicted molar refractivity (Wildman–Crippen MR) is 115 cm³/mol. The molecule has 0 saturated carbocycles. The standard InChI is InChI=1S/C22H33F3NO2S/c1-5-18-9-10-20(14-21(18)29(4)27)28-12-11-16(2)26(3)15-17-7-6-8-19(13-17)22(23,24)25/h7,9,13-14,16,20,27H,5-6,8,10-12,15H2,1-4H3/q+1. The first-order valence-corrected chi connectivity index (χ1v) is 11.8. The molecule has 0 heterocycles. The Balaban J connectivity index is 1.81. The van der Waals surface area contributed by atoms with Crippen LogP contribution >= 0.6 is 0 Å². The minimum atomic E-state index is -4.23. The molecule has 0 aromatic heterocycles. The number of nitrogens with zero attached hydrogens (tertiary/aromatic N) is 1. The summed E-state index contributed by atoms with van der Waals surface area (Å²) in [6.07, 6.45) is 7.93. The SMILES string of the molecule is CCC1=CCC(OCCC(C)N(C)CC2=CCCC(C(F)(F)F)=C2)C=C1[S+](C)O. The van der Waals surface area contributed by atoms with Crippen LogP contribution in [0.4, 0.5) is 13.2 Å². The highest BCUT2D eigenvalue weighted by Gasteiger charge is 2.34. The quantitative estimate of drug-likeness (QED) is 0.479. The summed E-state index contributed by atoms with van der Waals surface area (Å²) in [4.78, 5) is 3.05. The Hall–Kier alpha value is -1.02. The third-order valence-corrected chi connectivity index (χ3v) is 6.58. The normalized spacial score (nSPS) is 22.6. The average molecular weight is 433 g/mol. The van der Waals surface area contributed by atoms with E-state index in [1.54, 1.807) is 6.26 Å². The fourth-order valence-corrected chi connectivity index (χ4v) is 4.54. The lowest BCUT2D eigenvalue weighted by Gasteiger charge is -2.27. The second-order valence-corrected chi connectivity index (χ2v) is 9.17. The van der Waals surface area contributed by atoms with E-state index in [0.29, 0.717) is 19.6 Å². The van der Waals surface area contributed by atoms with Gasteiger partial charge in [-0.15, -0.1) is 0 Å². The smallest absolute Gasteiger partial charge is 0.374 e. The van der Waals surface area contributed by atoms with Crippen LogP contribution in [0, 0.1) is 0 Å². The van der Waals surface area contributed by atoms with Crippen LogP contribution in [0.25, 0.3) is 0 Å². The summed E-state index contributed by atoms with van der Waals surface area (Å²) in [5.74, 6) is 0. The Bertz CT molecular complexity index is 680. The van der Waals surface area contributed by atoms with Crippen LogP contribution in [-0.2, 0) is 15.9 Å². The van der Waals surface area contributed by atoms with Gasteiger partial charge in [0.25, 0.3) is 0 Å². The van der Waals surface area contributed by atoms with Crippen molar-refractivity contribution in [2.75, 3.05) is 26.5 Å². The van der Waals surface area contributed by atoms with E-state index in [-0.39, 0.29) is 18.6 Å². The number of halogens is 3. The Morgan fingerprint density at radius 1 is 1.34 bits per heavy atom. The van der Waals surface area contributed by atoms with Gasteiger partial charge in [-0.05, 0) is 57.7 Å². The molecule has 0 fully saturated rings. The average Bonchev–Trinajstić information content (AvgIpc) is 2.67. The lowest BCUT2D eigenvalue weighted by molar-refractivity contribution is -0.0941. The van der Waals surface area contributed by atoms with Gasteiger partial charge >= 0.3 is 6.18 Å². The zero-order valence-corrected chi connectivity index (χ0v) is 18.6. The third-order valence-electron chi connectivity index (χ3n) is 5.55. The first kappa shape index (κ1) is 24.3. The molecule has 7 heteroatoms. The molecule has 29 heavy (non-hydrogen) atoms. The zero-order valence-electron chi connectivity index (χ0n) is 17.8. The van der Waals surface area contributed by atoms with Crippen molar-refractivity contribution >= 4 is 11.2 Å². The highest BCUT2D eigenvalue weighted by Crippen LogP contribution is 2.33. The van der Waals surface area contributed by atoms with Crippen LogP contribution < -0.4 is 0 Å².